The predicted molar refractivity (Wildman–Crippen MR) is 108 cm³/mol. The van der Waals surface area contributed by atoms with Crippen LogP contribution in [0.2, 0.25) is 0 Å². The number of anilines is 3. The summed E-state index contributed by atoms with van der Waals surface area (Å²) < 4.78 is 77.5. The van der Waals surface area contributed by atoms with Gasteiger partial charge in [0.15, 0.2) is 11.9 Å². The molecule has 0 spiro atoms. The first-order chi connectivity index (χ1) is 15.3. The Morgan fingerprint density at radius 3 is 2.24 bits per heavy atom. The molecule has 0 aliphatic heterocycles. The molecule has 0 aliphatic carbocycles. The van der Waals surface area contributed by atoms with Crippen LogP contribution in [-0.4, -0.2) is 37.3 Å². The van der Waals surface area contributed by atoms with Crippen LogP contribution in [0, 0.1) is 0 Å². The molecule has 0 saturated carbocycles. The molecule has 33 heavy (non-hydrogen) atoms. The zero-order valence-electron chi connectivity index (χ0n) is 17.2. The van der Waals surface area contributed by atoms with E-state index in [0.29, 0.717) is 0 Å². The summed E-state index contributed by atoms with van der Waals surface area (Å²) in [7, 11) is 0. The molecule has 13 heteroatoms. The summed E-state index contributed by atoms with van der Waals surface area (Å²) in [6.45, 7) is 3.57. The van der Waals surface area contributed by atoms with E-state index in [9.17, 15) is 31.4 Å². The van der Waals surface area contributed by atoms with Gasteiger partial charge in [0, 0.05) is 23.5 Å². The first-order valence-electron chi connectivity index (χ1n) is 9.51. The Morgan fingerprint density at radius 1 is 0.909 bits per heavy atom. The summed E-state index contributed by atoms with van der Waals surface area (Å²) in [6.07, 6.45) is -11.3. The lowest BCUT2D eigenvalue weighted by Gasteiger charge is -2.16. The quantitative estimate of drug-likeness (QED) is 0.429. The van der Waals surface area contributed by atoms with Gasteiger partial charge in [-0.25, -0.2) is 0 Å². The van der Waals surface area contributed by atoms with Crippen LogP contribution in [0.25, 0.3) is 11.4 Å². The summed E-state index contributed by atoms with van der Waals surface area (Å²) in [6, 6.07) is 6.80. The average molecular weight is 472 g/mol. The van der Waals surface area contributed by atoms with E-state index >= 15 is 0 Å². The van der Waals surface area contributed by atoms with Crippen LogP contribution in [0.1, 0.15) is 31.2 Å². The molecular formula is C20H18F6N6O. The van der Waals surface area contributed by atoms with Crippen molar-refractivity contribution in [3.63, 3.8) is 0 Å². The van der Waals surface area contributed by atoms with E-state index in [0.717, 1.165) is 24.4 Å². The second-order valence-corrected chi connectivity index (χ2v) is 7.23. The molecule has 0 bridgehead atoms. The molecule has 1 atom stereocenters. The fourth-order valence-electron chi connectivity index (χ4n) is 2.71. The number of hydrogen-bond acceptors (Lipinski definition) is 7. The van der Waals surface area contributed by atoms with Crippen LogP contribution in [0.5, 0.6) is 0 Å². The molecule has 0 fully saturated rings. The highest BCUT2D eigenvalue weighted by atomic mass is 19.4. The van der Waals surface area contributed by atoms with Gasteiger partial charge in [-0.05, 0) is 37.6 Å². The third-order valence-electron chi connectivity index (χ3n) is 4.13. The van der Waals surface area contributed by atoms with Gasteiger partial charge < -0.3 is 15.7 Å². The lowest BCUT2D eigenvalue weighted by atomic mass is 10.1. The van der Waals surface area contributed by atoms with E-state index in [1.54, 1.807) is 13.8 Å². The number of alkyl halides is 6. The number of halogens is 6. The van der Waals surface area contributed by atoms with E-state index in [1.807, 2.05) is 0 Å². The monoisotopic (exact) mass is 472 g/mol. The fraction of sp³-hybridized carbons (Fsp3) is 0.300. The normalized spacial score (nSPS) is 13.2. The smallest absolute Gasteiger partial charge is 0.379 e. The molecule has 3 rings (SSSR count). The zero-order valence-corrected chi connectivity index (χ0v) is 17.2. The summed E-state index contributed by atoms with van der Waals surface area (Å²) in [5.41, 5.74) is -1.42. The minimum Gasteiger partial charge on any atom is -0.379 e. The van der Waals surface area contributed by atoms with Crippen LogP contribution in [0.4, 0.5) is 43.9 Å². The molecule has 3 aromatic rings. The Bertz CT molecular complexity index is 1120. The lowest BCUT2D eigenvalue weighted by molar-refractivity contribution is -0.206. The van der Waals surface area contributed by atoms with Crippen molar-refractivity contribution in [2.45, 2.75) is 38.3 Å². The van der Waals surface area contributed by atoms with Gasteiger partial charge >= 0.3 is 12.4 Å². The first kappa shape index (κ1) is 24.2. The lowest BCUT2D eigenvalue weighted by Crippen LogP contribution is -2.20. The number of aliphatic hydroxyl groups excluding tert-OH is 1. The Balaban J connectivity index is 2.01. The van der Waals surface area contributed by atoms with Crippen molar-refractivity contribution < 1.29 is 31.4 Å². The van der Waals surface area contributed by atoms with Crippen molar-refractivity contribution in [1.82, 2.24) is 19.9 Å². The Hall–Kier alpha value is -3.48. The van der Waals surface area contributed by atoms with E-state index < -0.39 is 29.7 Å². The maximum absolute atomic E-state index is 12.9. The molecule has 2 heterocycles. The van der Waals surface area contributed by atoms with Crippen LogP contribution in [0.15, 0.2) is 42.6 Å². The standard InChI is InChI=1S/C20H18F6N6O/c1-10(2)28-17-30-16(12-5-3-4-11(8-12)15(33)20(24,25)26)31-18(32-17)29-13-6-7-27-14(9-13)19(21,22)23/h3-10,15,33H,1-2H3,(H2,27,28,29,30,31,32). The van der Waals surface area contributed by atoms with Crippen molar-refractivity contribution in [3.8, 4) is 11.4 Å². The van der Waals surface area contributed by atoms with Gasteiger partial charge in [-0.3, -0.25) is 4.98 Å². The summed E-state index contributed by atoms with van der Waals surface area (Å²) in [5, 5.41) is 15.1. The number of nitrogens with zero attached hydrogens (tertiary/aromatic N) is 4. The first-order valence-corrected chi connectivity index (χ1v) is 9.51. The third kappa shape index (κ3) is 6.28. The highest BCUT2D eigenvalue weighted by Crippen LogP contribution is 2.34. The molecule has 2 aromatic heterocycles. The summed E-state index contributed by atoms with van der Waals surface area (Å²) in [5.74, 6) is -0.161. The molecule has 3 N–H and O–H groups in total. The fourth-order valence-corrected chi connectivity index (χ4v) is 2.71. The van der Waals surface area contributed by atoms with Crippen LogP contribution in [0.3, 0.4) is 0 Å². The number of hydrogen-bond donors (Lipinski definition) is 3. The van der Waals surface area contributed by atoms with Crippen molar-refractivity contribution in [1.29, 1.82) is 0 Å². The number of pyridine rings is 1. The highest BCUT2D eigenvalue weighted by molar-refractivity contribution is 5.62. The summed E-state index contributed by atoms with van der Waals surface area (Å²) in [4.78, 5) is 15.7. The van der Waals surface area contributed by atoms with Gasteiger partial charge in [0.1, 0.15) is 5.69 Å². The molecule has 0 radical (unpaired) electrons. The molecule has 1 unspecified atom stereocenters. The minimum atomic E-state index is -4.87. The molecule has 176 valence electrons. The van der Waals surface area contributed by atoms with Crippen LogP contribution < -0.4 is 10.6 Å². The number of aliphatic hydroxyl groups is 1. The minimum absolute atomic E-state index is 0.00813. The maximum atomic E-state index is 12.9. The second kappa shape index (κ2) is 9.17. The van der Waals surface area contributed by atoms with E-state index in [-0.39, 0.29) is 35.0 Å². The van der Waals surface area contributed by atoms with Crippen LogP contribution >= 0.6 is 0 Å². The van der Waals surface area contributed by atoms with Gasteiger partial charge in [-0.15, -0.1) is 0 Å². The number of aromatic nitrogens is 4. The largest absolute Gasteiger partial charge is 0.433 e. The third-order valence-corrected chi connectivity index (χ3v) is 4.13. The van der Waals surface area contributed by atoms with Gasteiger partial charge in [-0.1, -0.05) is 18.2 Å². The topological polar surface area (TPSA) is 95.9 Å². The SMILES string of the molecule is CC(C)Nc1nc(Nc2ccnc(C(F)(F)F)c2)nc(-c2cccc(C(O)C(F)(F)F)c2)n1. The van der Waals surface area contributed by atoms with Crippen LogP contribution in [-0.2, 0) is 6.18 Å². The predicted octanol–water partition coefficient (Wildman–Crippen LogP) is 5.11. The number of nitrogens with one attached hydrogen (secondary N) is 2. The van der Waals surface area contributed by atoms with Gasteiger partial charge in [0.2, 0.25) is 11.9 Å². The number of rotatable bonds is 6. The maximum Gasteiger partial charge on any atom is 0.433 e. The molecular weight excluding hydrogens is 454 g/mol. The van der Waals surface area contributed by atoms with Gasteiger partial charge in [0.05, 0.1) is 0 Å². The summed E-state index contributed by atoms with van der Waals surface area (Å²) >= 11 is 0. The molecule has 7 nitrogen and oxygen atoms in total. The highest BCUT2D eigenvalue weighted by Gasteiger charge is 2.39. The van der Waals surface area contributed by atoms with Crippen molar-refractivity contribution in [2.24, 2.45) is 0 Å². The van der Waals surface area contributed by atoms with E-state index in [1.165, 1.54) is 18.2 Å². The van der Waals surface area contributed by atoms with Gasteiger partial charge in [-0.2, -0.15) is 41.3 Å². The van der Waals surface area contributed by atoms with Gasteiger partial charge in [0.25, 0.3) is 0 Å². The number of benzene rings is 1. The van der Waals surface area contributed by atoms with Crippen molar-refractivity contribution >= 4 is 17.6 Å². The molecule has 0 aliphatic rings. The Labute approximate surface area is 184 Å². The second-order valence-electron chi connectivity index (χ2n) is 7.23. The Morgan fingerprint density at radius 2 is 1.61 bits per heavy atom. The molecule has 1 aromatic carbocycles. The zero-order chi connectivity index (χ0) is 24.4. The van der Waals surface area contributed by atoms with E-state index in [4.69, 9.17) is 0 Å². The Kier molecular flexibility index (Phi) is 6.72. The molecule has 0 saturated heterocycles. The van der Waals surface area contributed by atoms with E-state index in [2.05, 4.69) is 30.6 Å². The average Bonchev–Trinajstić information content (AvgIpc) is 2.71. The molecule has 0 amide bonds. The van der Waals surface area contributed by atoms with Crippen molar-refractivity contribution in [3.05, 3.63) is 53.9 Å². The van der Waals surface area contributed by atoms with Crippen molar-refractivity contribution in [2.75, 3.05) is 10.6 Å².